The van der Waals surface area contributed by atoms with E-state index in [1.165, 1.54) is 0 Å². The molecule has 4 bridgehead atoms. The Bertz CT molecular complexity index is 717. The summed E-state index contributed by atoms with van der Waals surface area (Å²) in [6.07, 6.45) is -0.747. The molecular weight excluding hydrogens is 336 g/mol. The van der Waals surface area contributed by atoms with Gasteiger partial charge in [-0.1, -0.05) is 20.4 Å². The molecule has 0 aromatic carbocycles. The summed E-state index contributed by atoms with van der Waals surface area (Å²) in [6.45, 7) is 8.07. The molecule has 4 N–H and O–H groups in total. The zero-order valence-electron chi connectivity index (χ0n) is 15.3. The molecule has 0 radical (unpaired) electrons. The van der Waals surface area contributed by atoms with Crippen LogP contribution in [-0.2, 0) is 9.53 Å². The van der Waals surface area contributed by atoms with Crippen molar-refractivity contribution in [1.82, 2.24) is 0 Å². The molecule has 2 aliphatic heterocycles. The Labute approximate surface area is 152 Å². The van der Waals surface area contributed by atoms with Gasteiger partial charge in [-0.3, -0.25) is 4.79 Å². The molecule has 6 heteroatoms. The molecule has 144 valence electrons. The number of hydrogen-bond acceptors (Lipinski definition) is 6. The number of hydrogen-bond donors (Lipinski definition) is 4. The van der Waals surface area contributed by atoms with E-state index in [0.29, 0.717) is 24.8 Å². The van der Waals surface area contributed by atoms with Crippen molar-refractivity contribution < 1.29 is 30.0 Å². The SMILES string of the molecule is C=C1C(=O)[C@]23C(O)C1CC[C@H]2[C@@]12CO[C@]3(O)C(O)[C@@H]1C(C)(C)CC[C@@H]2O. The van der Waals surface area contributed by atoms with Crippen molar-refractivity contribution in [2.75, 3.05) is 6.61 Å². The quantitative estimate of drug-likeness (QED) is 0.463. The second-order valence-corrected chi connectivity index (χ2v) is 9.97. The fourth-order valence-corrected chi connectivity index (χ4v) is 7.90. The highest BCUT2D eigenvalue weighted by atomic mass is 16.6. The molecule has 6 rings (SSSR count). The first kappa shape index (κ1) is 17.3. The molecule has 26 heavy (non-hydrogen) atoms. The Morgan fingerprint density at radius 1 is 1.12 bits per heavy atom. The molecule has 9 atom stereocenters. The zero-order chi connectivity index (χ0) is 18.9. The van der Waals surface area contributed by atoms with Crippen LogP contribution in [0.4, 0.5) is 0 Å². The van der Waals surface area contributed by atoms with Gasteiger partial charge in [-0.05, 0) is 42.6 Å². The Balaban J connectivity index is 1.81. The van der Waals surface area contributed by atoms with Crippen molar-refractivity contribution in [3.63, 3.8) is 0 Å². The van der Waals surface area contributed by atoms with Crippen molar-refractivity contribution in [2.45, 2.75) is 63.6 Å². The zero-order valence-corrected chi connectivity index (χ0v) is 15.3. The lowest BCUT2D eigenvalue weighted by Gasteiger charge is -2.74. The molecular formula is C20H28O6. The fraction of sp³-hybridized carbons (Fsp3) is 0.850. The van der Waals surface area contributed by atoms with Gasteiger partial charge in [0.15, 0.2) is 5.78 Å². The lowest BCUT2D eigenvalue weighted by Crippen LogP contribution is -2.85. The molecule has 2 spiro atoms. The Kier molecular flexibility index (Phi) is 3.07. The van der Waals surface area contributed by atoms with Crippen molar-refractivity contribution in [2.24, 2.45) is 34.0 Å². The largest absolute Gasteiger partial charge is 0.392 e. The minimum atomic E-state index is -2.15. The number of ketones is 1. The van der Waals surface area contributed by atoms with Gasteiger partial charge in [0.25, 0.3) is 0 Å². The highest BCUT2D eigenvalue weighted by Crippen LogP contribution is 2.76. The van der Waals surface area contributed by atoms with E-state index in [1.54, 1.807) is 0 Å². The summed E-state index contributed by atoms with van der Waals surface area (Å²) in [6, 6.07) is 0. The molecule has 0 amide bonds. The van der Waals surface area contributed by atoms with Gasteiger partial charge >= 0.3 is 0 Å². The van der Waals surface area contributed by atoms with Crippen molar-refractivity contribution >= 4 is 5.78 Å². The van der Waals surface area contributed by atoms with Gasteiger partial charge in [0, 0.05) is 17.3 Å². The third-order valence-corrected chi connectivity index (χ3v) is 8.88. The number of aliphatic hydroxyl groups excluding tert-OH is 3. The highest BCUT2D eigenvalue weighted by molar-refractivity contribution is 6.05. The van der Waals surface area contributed by atoms with Gasteiger partial charge in [-0.2, -0.15) is 0 Å². The molecule has 6 fully saturated rings. The highest BCUT2D eigenvalue weighted by Gasteiger charge is 2.86. The minimum absolute atomic E-state index is 0.0966. The van der Waals surface area contributed by atoms with E-state index in [1.807, 2.05) is 13.8 Å². The van der Waals surface area contributed by atoms with Gasteiger partial charge in [0.2, 0.25) is 5.79 Å². The van der Waals surface area contributed by atoms with Crippen LogP contribution < -0.4 is 0 Å². The monoisotopic (exact) mass is 364 g/mol. The van der Waals surface area contributed by atoms with Crippen molar-refractivity contribution in [1.29, 1.82) is 0 Å². The maximum atomic E-state index is 13.3. The summed E-state index contributed by atoms with van der Waals surface area (Å²) >= 11 is 0. The second-order valence-electron chi connectivity index (χ2n) is 9.97. The number of rotatable bonds is 0. The van der Waals surface area contributed by atoms with Crippen LogP contribution in [0.25, 0.3) is 0 Å². The molecule has 4 saturated carbocycles. The number of carbonyl (C=O) groups is 1. The number of Topliss-reactive ketones (excluding diaryl/α,β-unsaturated/α-hetero) is 1. The maximum absolute atomic E-state index is 13.3. The van der Waals surface area contributed by atoms with E-state index in [9.17, 15) is 25.2 Å². The van der Waals surface area contributed by atoms with E-state index in [-0.39, 0.29) is 12.0 Å². The average molecular weight is 364 g/mol. The van der Waals surface area contributed by atoms with Gasteiger partial charge in [-0.15, -0.1) is 0 Å². The van der Waals surface area contributed by atoms with Crippen LogP contribution >= 0.6 is 0 Å². The smallest absolute Gasteiger partial charge is 0.208 e. The van der Waals surface area contributed by atoms with E-state index in [0.717, 1.165) is 6.42 Å². The molecule has 4 aliphatic carbocycles. The summed E-state index contributed by atoms with van der Waals surface area (Å²) in [7, 11) is 0. The van der Waals surface area contributed by atoms with Crippen molar-refractivity contribution in [3.05, 3.63) is 12.2 Å². The molecule has 0 aromatic heterocycles. The van der Waals surface area contributed by atoms with E-state index in [4.69, 9.17) is 4.74 Å². The van der Waals surface area contributed by atoms with Crippen LogP contribution in [0.1, 0.15) is 39.5 Å². The summed E-state index contributed by atoms with van der Waals surface area (Å²) in [5, 5.41) is 45.1. The van der Waals surface area contributed by atoms with E-state index >= 15 is 0 Å². The number of ether oxygens (including phenoxy) is 1. The van der Waals surface area contributed by atoms with Gasteiger partial charge in [-0.25, -0.2) is 0 Å². The molecule has 2 heterocycles. The lowest BCUT2D eigenvalue weighted by molar-refractivity contribution is -0.458. The maximum Gasteiger partial charge on any atom is 0.208 e. The van der Waals surface area contributed by atoms with Crippen LogP contribution in [0, 0.1) is 34.0 Å². The van der Waals surface area contributed by atoms with Crippen LogP contribution in [0.15, 0.2) is 12.2 Å². The first-order valence-corrected chi connectivity index (χ1v) is 9.71. The van der Waals surface area contributed by atoms with E-state index in [2.05, 4.69) is 6.58 Å². The van der Waals surface area contributed by atoms with Crippen molar-refractivity contribution in [3.8, 4) is 0 Å². The predicted octanol–water partition coefficient (Wildman–Crippen LogP) is 0.376. The van der Waals surface area contributed by atoms with Gasteiger partial charge in [0.1, 0.15) is 11.5 Å². The fourth-order valence-electron chi connectivity index (χ4n) is 7.90. The van der Waals surface area contributed by atoms with Crippen LogP contribution in [-0.4, -0.2) is 56.9 Å². The number of fused-ring (bicyclic) bond motifs is 2. The molecule has 6 aliphatic rings. The topological polar surface area (TPSA) is 107 Å². The summed E-state index contributed by atoms with van der Waals surface area (Å²) in [5.41, 5.74) is -2.49. The molecule has 6 nitrogen and oxygen atoms in total. The van der Waals surface area contributed by atoms with Gasteiger partial charge < -0.3 is 25.2 Å². The third kappa shape index (κ3) is 1.41. The molecule has 3 unspecified atom stereocenters. The lowest BCUT2D eigenvalue weighted by atomic mass is 9.35. The van der Waals surface area contributed by atoms with E-state index < -0.39 is 58.5 Å². The first-order valence-electron chi connectivity index (χ1n) is 9.71. The summed E-state index contributed by atoms with van der Waals surface area (Å²) in [4.78, 5) is 13.3. The number of aliphatic hydroxyl groups is 4. The Hall–Kier alpha value is -0.790. The number of carbonyl (C=O) groups excluding carboxylic acids is 1. The molecule has 2 saturated heterocycles. The van der Waals surface area contributed by atoms with Crippen LogP contribution in [0.2, 0.25) is 0 Å². The predicted molar refractivity (Wildman–Crippen MR) is 90.7 cm³/mol. The summed E-state index contributed by atoms with van der Waals surface area (Å²) in [5.74, 6) is -3.80. The Morgan fingerprint density at radius 2 is 1.81 bits per heavy atom. The second kappa shape index (κ2) is 4.61. The first-order chi connectivity index (χ1) is 12.1. The summed E-state index contributed by atoms with van der Waals surface area (Å²) < 4.78 is 5.80. The Morgan fingerprint density at radius 3 is 2.50 bits per heavy atom. The minimum Gasteiger partial charge on any atom is -0.392 e. The van der Waals surface area contributed by atoms with Gasteiger partial charge in [0.05, 0.1) is 18.8 Å². The van der Waals surface area contributed by atoms with Crippen LogP contribution in [0.5, 0.6) is 0 Å². The standard InChI is InChI=1S/C20H28O6/c1-9-10-4-5-11-18-8-26-20(25,19(11,14(9)22)15(10)23)16(24)13(18)17(2,3)7-6-12(18)21/h10-13,15-16,21,23-25H,1,4-8H2,2-3H3/t10?,11-,12-,13+,15?,16?,18+,19-,20+/m0/s1. The van der Waals surface area contributed by atoms with Crippen LogP contribution in [0.3, 0.4) is 0 Å². The average Bonchev–Trinajstić information content (AvgIpc) is 2.69. The normalized spacial score (nSPS) is 59.9. The third-order valence-electron chi connectivity index (χ3n) is 8.88. The molecule has 0 aromatic rings.